The smallest absolute Gasteiger partial charge is 0.221 e. The standard InChI is InChI=1S/C11H15N3O2/c1-3-8-6-9(11(12)14-16)4-5-10(8)13-7(2)15/h4-6,16H,3H2,1-2H3,(H2,12,14)(H,13,15). The van der Waals surface area contributed by atoms with Gasteiger partial charge in [0.15, 0.2) is 5.84 Å². The molecular weight excluding hydrogens is 206 g/mol. The number of carbonyl (C=O) groups is 1. The van der Waals surface area contributed by atoms with Gasteiger partial charge in [-0.05, 0) is 30.2 Å². The highest BCUT2D eigenvalue weighted by atomic mass is 16.4. The summed E-state index contributed by atoms with van der Waals surface area (Å²) in [5.41, 5.74) is 7.81. The van der Waals surface area contributed by atoms with E-state index in [1.807, 2.05) is 6.92 Å². The number of nitrogens with two attached hydrogens (primary N) is 1. The molecule has 0 aliphatic heterocycles. The Morgan fingerprint density at radius 3 is 2.75 bits per heavy atom. The second-order valence-electron chi connectivity index (χ2n) is 3.39. The molecule has 5 heteroatoms. The van der Waals surface area contributed by atoms with Crippen LogP contribution in [0.1, 0.15) is 25.0 Å². The van der Waals surface area contributed by atoms with E-state index in [1.54, 1.807) is 18.2 Å². The number of carbonyl (C=O) groups excluding carboxylic acids is 1. The number of benzene rings is 1. The average molecular weight is 221 g/mol. The summed E-state index contributed by atoms with van der Waals surface area (Å²) < 4.78 is 0. The zero-order valence-corrected chi connectivity index (χ0v) is 9.32. The molecule has 0 radical (unpaired) electrons. The van der Waals surface area contributed by atoms with Crippen LogP contribution < -0.4 is 11.1 Å². The fraction of sp³-hybridized carbons (Fsp3) is 0.273. The number of amides is 1. The molecule has 0 unspecified atom stereocenters. The Balaban J connectivity index is 3.11. The van der Waals surface area contributed by atoms with Crippen LogP contribution >= 0.6 is 0 Å². The quantitative estimate of drug-likeness (QED) is 0.311. The number of aryl methyl sites for hydroxylation is 1. The molecule has 1 aromatic carbocycles. The summed E-state index contributed by atoms with van der Waals surface area (Å²) in [6, 6.07) is 5.23. The lowest BCUT2D eigenvalue weighted by Gasteiger charge is -2.10. The maximum Gasteiger partial charge on any atom is 0.221 e. The topological polar surface area (TPSA) is 87.7 Å². The van der Waals surface area contributed by atoms with E-state index in [-0.39, 0.29) is 11.7 Å². The first kappa shape index (κ1) is 12.0. The van der Waals surface area contributed by atoms with Crippen LogP contribution in [0.4, 0.5) is 5.69 Å². The predicted molar refractivity (Wildman–Crippen MR) is 62.6 cm³/mol. The second kappa shape index (κ2) is 5.16. The van der Waals surface area contributed by atoms with Gasteiger partial charge >= 0.3 is 0 Å². The van der Waals surface area contributed by atoms with Gasteiger partial charge in [-0.2, -0.15) is 0 Å². The van der Waals surface area contributed by atoms with Crippen LogP contribution in [-0.2, 0) is 11.2 Å². The maximum atomic E-state index is 11.0. The monoisotopic (exact) mass is 221 g/mol. The van der Waals surface area contributed by atoms with E-state index < -0.39 is 0 Å². The number of hydrogen-bond acceptors (Lipinski definition) is 3. The number of hydrogen-bond donors (Lipinski definition) is 3. The van der Waals surface area contributed by atoms with Crippen molar-refractivity contribution >= 4 is 17.4 Å². The predicted octanol–water partition coefficient (Wildman–Crippen LogP) is 1.30. The molecule has 0 aliphatic rings. The van der Waals surface area contributed by atoms with Crippen molar-refractivity contribution < 1.29 is 10.0 Å². The van der Waals surface area contributed by atoms with E-state index in [0.29, 0.717) is 5.56 Å². The molecule has 4 N–H and O–H groups in total. The van der Waals surface area contributed by atoms with E-state index in [4.69, 9.17) is 10.9 Å². The van der Waals surface area contributed by atoms with Gasteiger partial charge in [0.05, 0.1) is 0 Å². The maximum absolute atomic E-state index is 11.0. The number of oxime groups is 1. The molecule has 1 aromatic rings. The number of nitrogens with zero attached hydrogens (tertiary/aromatic N) is 1. The van der Waals surface area contributed by atoms with Crippen molar-refractivity contribution in [3.63, 3.8) is 0 Å². The summed E-state index contributed by atoms with van der Waals surface area (Å²) in [5.74, 6) is -0.0599. The third kappa shape index (κ3) is 2.73. The molecule has 0 heterocycles. The number of nitrogens with one attached hydrogen (secondary N) is 1. The van der Waals surface area contributed by atoms with E-state index in [9.17, 15) is 4.79 Å². The van der Waals surface area contributed by atoms with Crippen molar-refractivity contribution in [1.29, 1.82) is 0 Å². The highest BCUT2D eigenvalue weighted by Crippen LogP contribution is 2.18. The zero-order valence-electron chi connectivity index (χ0n) is 9.32. The lowest BCUT2D eigenvalue weighted by atomic mass is 10.1. The first-order valence-corrected chi connectivity index (χ1v) is 4.97. The number of amidine groups is 1. The van der Waals surface area contributed by atoms with E-state index in [2.05, 4.69) is 10.5 Å². The Kier molecular flexibility index (Phi) is 3.88. The van der Waals surface area contributed by atoms with Crippen molar-refractivity contribution in [2.75, 3.05) is 5.32 Å². The minimum Gasteiger partial charge on any atom is -0.409 e. The average Bonchev–Trinajstić information content (AvgIpc) is 2.27. The van der Waals surface area contributed by atoms with Gasteiger partial charge in [0.1, 0.15) is 0 Å². The van der Waals surface area contributed by atoms with Gasteiger partial charge in [0.2, 0.25) is 5.91 Å². The van der Waals surface area contributed by atoms with Gasteiger partial charge in [-0.3, -0.25) is 4.79 Å². The molecule has 5 nitrogen and oxygen atoms in total. The fourth-order valence-electron chi connectivity index (χ4n) is 1.41. The molecule has 86 valence electrons. The molecule has 1 amide bonds. The third-order valence-corrected chi connectivity index (χ3v) is 2.20. The molecule has 0 bridgehead atoms. The van der Waals surface area contributed by atoms with Crippen LogP contribution in [0.25, 0.3) is 0 Å². The molecule has 0 spiro atoms. The van der Waals surface area contributed by atoms with Gasteiger partial charge in [0, 0.05) is 18.2 Å². The second-order valence-corrected chi connectivity index (χ2v) is 3.39. The summed E-state index contributed by atoms with van der Waals surface area (Å²) >= 11 is 0. The summed E-state index contributed by atoms with van der Waals surface area (Å²) in [4.78, 5) is 11.0. The Morgan fingerprint density at radius 1 is 1.56 bits per heavy atom. The summed E-state index contributed by atoms with van der Waals surface area (Å²) in [5, 5.41) is 14.2. The van der Waals surface area contributed by atoms with Gasteiger partial charge < -0.3 is 16.3 Å². The molecule has 0 aliphatic carbocycles. The number of anilines is 1. The van der Waals surface area contributed by atoms with Crippen LogP contribution in [0.2, 0.25) is 0 Å². The van der Waals surface area contributed by atoms with Gasteiger partial charge in [-0.25, -0.2) is 0 Å². The van der Waals surface area contributed by atoms with E-state index >= 15 is 0 Å². The van der Waals surface area contributed by atoms with E-state index in [0.717, 1.165) is 17.7 Å². The Bertz CT molecular complexity index is 427. The lowest BCUT2D eigenvalue weighted by Crippen LogP contribution is -2.14. The van der Waals surface area contributed by atoms with E-state index in [1.165, 1.54) is 6.92 Å². The zero-order chi connectivity index (χ0) is 12.1. The molecule has 0 saturated carbocycles. The van der Waals surface area contributed by atoms with Crippen LogP contribution in [0.15, 0.2) is 23.4 Å². The third-order valence-electron chi connectivity index (χ3n) is 2.20. The molecule has 16 heavy (non-hydrogen) atoms. The van der Waals surface area contributed by atoms with Crippen molar-refractivity contribution in [1.82, 2.24) is 0 Å². The normalized spacial score (nSPS) is 11.2. The SMILES string of the molecule is CCc1cc(/C(N)=N/O)ccc1NC(C)=O. The molecular formula is C11H15N3O2. The van der Waals surface area contributed by atoms with Crippen LogP contribution in [0, 0.1) is 0 Å². The van der Waals surface area contributed by atoms with Crippen LogP contribution in [0.5, 0.6) is 0 Å². The van der Waals surface area contributed by atoms with Gasteiger partial charge in [-0.1, -0.05) is 12.1 Å². The highest BCUT2D eigenvalue weighted by molar-refractivity contribution is 5.98. The Labute approximate surface area is 94.0 Å². The lowest BCUT2D eigenvalue weighted by molar-refractivity contribution is -0.114. The Morgan fingerprint density at radius 2 is 2.25 bits per heavy atom. The highest BCUT2D eigenvalue weighted by Gasteiger charge is 2.06. The molecule has 1 rings (SSSR count). The van der Waals surface area contributed by atoms with Crippen molar-refractivity contribution in [3.8, 4) is 0 Å². The first-order valence-electron chi connectivity index (χ1n) is 4.97. The summed E-state index contributed by atoms with van der Waals surface area (Å²) in [7, 11) is 0. The fourth-order valence-corrected chi connectivity index (χ4v) is 1.41. The van der Waals surface area contributed by atoms with Crippen molar-refractivity contribution in [2.45, 2.75) is 20.3 Å². The molecule has 0 fully saturated rings. The molecule has 0 saturated heterocycles. The minimum atomic E-state index is -0.119. The largest absolute Gasteiger partial charge is 0.409 e. The minimum absolute atomic E-state index is 0.0593. The Hall–Kier alpha value is -2.04. The van der Waals surface area contributed by atoms with Crippen LogP contribution in [0.3, 0.4) is 0 Å². The van der Waals surface area contributed by atoms with Gasteiger partial charge in [-0.15, -0.1) is 0 Å². The van der Waals surface area contributed by atoms with Crippen molar-refractivity contribution in [3.05, 3.63) is 29.3 Å². The van der Waals surface area contributed by atoms with Crippen LogP contribution in [-0.4, -0.2) is 17.0 Å². The number of rotatable bonds is 3. The molecule has 0 aromatic heterocycles. The summed E-state index contributed by atoms with van der Waals surface area (Å²) in [6.07, 6.45) is 0.752. The van der Waals surface area contributed by atoms with Gasteiger partial charge in [0.25, 0.3) is 0 Å². The van der Waals surface area contributed by atoms with Crippen molar-refractivity contribution in [2.24, 2.45) is 10.9 Å². The summed E-state index contributed by atoms with van der Waals surface area (Å²) in [6.45, 7) is 3.42. The first-order chi connectivity index (χ1) is 7.58. The molecule has 0 atom stereocenters.